The van der Waals surface area contributed by atoms with Crippen LogP contribution < -0.4 is 0 Å². The molecule has 4 heteroatoms. The maximum Gasteiger partial charge on any atom is 0.246 e. The third kappa shape index (κ3) is 3.74. The van der Waals surface area contributed by atoms with Gasteiger partial charge in [-0.25, -0.2) is 0 Å². The van der Waals surface area contributed by atoms with Crippen molar-refractivity contribution in [3.63, 3.8) is 0 Å². The molecule has 100 valence electrons. The Kier molecular flexibility index (Phi) is 5.65. The molecule has 0 spiro atoms. The Hall–Kier alpha value is -1.55. The van der Waals surface area contributed by atoms with Crippen LogP contribution in [0, 0.1) is 5.92 Å². The number of ether oxygens (including phenoxy) is 1. The Morgan fingerprint density at radius 3 is 2.67 bits per heavy atom. The first-order valence-corrected chi connectivity index (χ1v) is 6.21. The number of allylic oxidation sites excluding steroid dienone is 1. The standard InChI is InChI=1S/C14H21NO3/c1-4-15(5-2)14(17)9-7-11-6-8-12(18-3)10-13(11)16/h6-11,13,16H,4-5H2,1-3H3/b9-7+. The number of carbonyl (C=O) groups is 1. The van der Waals surface area contributed by atoms with Crippen LogP contribution in [0.5, 0.6) is 0 Å². The number of rotatable bonds is 5. The molecule has 0 aromatic heterocycles. The van der Waals surface area contributed by atoms with Gasteiger partial charge < -0.3 is 14.7 Å². The second-order valence-corrected chi connectivity index (χ2v) is 4.07. The van der Waals surface area contributed by atoms with Gasteiger partial charge in [0.25, 0.3) is 0 Å². The molecule has 1 aliphatic carbocycles. The molecular formula is C14H21NO3. The first-order valence-electron chi connectivity index (χ1n) is 6.21. The predicted octanol–water partition coefficient (Wildman–Crippen LogP) is 1.49. The van der Waals surface area contributed by atoms with E-state index in [1.54, 1.807) is 30.2 Å². The fourth-order valence-corrected chi connectivity index (χ4v) is 1.80. The summed E-state index contributed by atoms with van der Waals surface area (Å²) < 4.78 is 5.02. The van der Waals surface area contributed by atoms with Crippen molar-refractivity contribution >= 4 is 5.91 Å². The largest absolute Gasteiger partial charge is 0.497 e. The van der Waals surface area contributed by atoms with Crippen LogP contribution in [-0.4, -0.2) is 42.2 Å². The van der Waals surface area contributed by atoms with Crippen molar-refractivity contribution < 1.29 is 14.6 Å². The van der Waals surface area contributed by atoms with E-state index in [0.717, 1.165) is 0 Å². The van der Waals surface area contributed by atoms with E-state index in [4.69, 9.17) is 4.74 Å². The minimum Gasteiger partial charge on any atom is -0.497 e. The molecule has 1 amide bonds. The molecule has 0 fully saturated rings. The van der Waals surface area contributed by atoms with Crippen LogP contribution >= 0.6 is 0 Å². The summed E-state index contributed by atoms with van der Waals surface area (Å²) in [5.41, 5.74) is 0. The molecule has 1 N–H and O–H groups in total. The highest BCUT2D eigenvalue weighted by Gasteiger charge is 2.17. The Morgan fingerprint density at radius 2 is 2.17 bits per heavy atom. The highest BCUT2D eigenvalue weighted by atomic mass is 16.5. The third-order valence-electron chi connectivity index (χ3n) is 2.98. The van der Waals surface area contributed by atoms with E-state index in [-0.39, 0.29) is 11.8 Å². The fraction of sp³-hybridized carbons (Fsp3) is 0.500. The monoisotopic (exact) mass is 251 g/mol. The van der Waals surface area contributed by atoms with E-state index in [0.29, 0.717) is 18.8 Å². The average molecular weight is 251 g/mol. The topological polar surface area (TPSA) is 49.8 Å². The van der Waals surface area contributed by atoms with E-state index in [1.165, 1.54) is 6.08 Å². The minimum atomic E-state index is -0.647. The predicted molar refractivity (Wildman–Crippen MR) is 70.8 cm³/mol. The summed E-state index contributed by atoms with van der Waals surface area (Å²) in [4.78, 5) is 13.5. The molecule has 18 heavy (non-hydrogen) atoms. The summed E-state index contributed by atoms with van der Waals surface area (Å²) >= 11 is 0. The lowest BCUT2D eigenvalue weighted by molar-refractivity contribution is -0.125. The van der Waals surface area contributed by atoms with E-state index >= 15 is 0 Å². The van der Waals surface area contributed by atoms with E-state index in [9.17, 15) is 9.90 Å². The molecule has 2 atom stereocenters. The summed E-state index contributed by atoms with van der Waals surface area (Å²) in [7, 11) is 1.56. The van der Waals surface area contributed by atoms with Crippen LogP contribution in [0.25, 0.3) is 0 Å². The van der Waals surface area contributed by atoms with Gasteiger partial charge in [-0.2, -0.15) is 0 Å². The van der Waals surface area contributed by atoms with Gasteiger partial charge in [-0.15, -0.1) is 0 Å². The lowest BCUT2D eigenvalue weighted by Crippen LogP contribution is -2.29. The molecule has 0 saturated heterocycles. The van der Waals surface area contributed by atoms with E-state index < -0.39 is 6.10 Å². The van der Waals surface area contributed by atoms with Gasteiger partial charge in [-0.05, 0) is 32.1 Å². The molecule has 4 nitrogen and oxygen atoms in total. The Balaban J connectivity index is 2.61. The second-order valence-electron chi connectivity index (χ2n) is 4.07. The summed E-state index contributed by atoms with van der Waals surface area (Å²) in [5, 5.41) is 9.85. The number of hydrogen-bond acceptors (Lipinski definition) is 3. The molecule has 0 aliphatic heterocycles. The zero-order chi connectivity index (χ0) is 13.5. The highest BCUT2D eigenvalue weighted by molar-refractivity contribution is 5.87. The number of carbonyl (C=O) groups excluding carboxylic acids is 1. The van der Waals surface area contributed by atoms with Crippen molar-refractivity contribution in [3.8, 4) is 0 Å². The minimum absolute atomic E-state index is 0.0258. The number of hydrogen-bond donors (Lipinski definition) is 1. The van der Waals surface area contributed by atoms with Gasteiger partial charge >= 0.3 is 0 Å². The number of aliphatic hydroxyl groups excluding tert-OH is 1. The smallest absolute Gasteiger partial charge is 0.246 e. The molecule has 0 aromatic carbocycles. The Bertz CT molecular complexity index is 367. The lowest BCUT2D eigenvalue weighted by Gasteiger charge is -2.19. The van der Waals surface area contributed by atoms with Crippen molar-refractivity contribution in [3.05, 3.63) is 36.1 Å². The molecule has 2 unspecified atom stereocenters. The SMILES string of the molecule is CCN(CC)C(=O)/C=C/C1C=CC(OC)=CC1O. The Morgan fingerprint density at radius 1 is 1.50 bits per heavy atom. The van der Waals surface area contributed by atoms with Crippen LogP contribution in [0.1, 0.15) is 13.8 Å². The van der Waals surface area contributed by atoms with Crippen molar-refractivity contribution in [1.29, 1.82) is 0 Å². The maximum absolute atomic E-state index is 11.8. The molecule has 1 rings (SSSR count). The van der Waals surface area contributed by atoms with Gasteiger partial charge in [0.2, 0.25) is 5.91 Å². The van der Waals surface area contributed by atoms with E-state index in [2.05, 4.69) is 0 Å². The summed E-state index contributed by atoms with van der Waals surface area (Å²) in [6.07, 6.45) is 7.86. The van der Waals surface area contributed by atoms with Crippen molar-refractivity contribution in [2.45, 2.75) is 20.0 Å². The molecular weight excluding hydrogens is 230 g/mol. The molecule has 0 heterocycles. The number of methoxy groups -OCH3 is 1. The quantitative estimate of drug-likeness (QED) is 0.753. The van der Waals surface area contributed by atoms with Gasteiger partial charge in [0.05, 0.1) is 13.2 Å². The zero-order valence-electron chi connectivity index (χ0n) is 11.2. The molecule has 1 aliphatic rings. The summed E-state index contributed by atoms with van der Waals surface area (Å²) in [5.74, 6) is 0.438. The molecule has 0 saturated carbocycles. The lowest BCUT2D eigenvalue weighted by atomic mass is 9.96. The highest BCUT2D eigenvalue weighted by Crippen LogP contribution is 2.18. The third-order valence-corrected chi connectivity index (χ3v) is 2.98. The second kappa shape index (κ2) is 7.01. The van der Waals surface area contributed by atoms with Crippen molar-refractivity contribution in [2.75, 3.05) is 20.2 Å². The van der Waals surface area contributed by atoms with Gasteiger partial charge in [-0.3, -0.25) is 4.79 Å². The Labute approximate surface area is 108 Å². The van der Waals surface area contributed by atoms with Crippen molar-refractivity contribution in [2.24, 2.45) is 5.92 Å². The van der Waals surface area contributed by atoms with Gasteiger partial charge in [0, 0.05) is 19.0 Å². The van der Waals surface area contributed by atoms with Crippen LogP contribution in [0.2, 0.25) is 0 Å². The van der Waals surface area contributed by atoms with Crippen LogP contribution in [0.3, 0.4) is 0 Å². The first kappa shape index (κ1) is 14.5. The fourth-order valence-electron chi connectivity index (χ4n) is 1.80. The van der Waals surface area contributed by atoms with Crippen LogP contribution in [-0.2, 0) is 9.53 Å². The zero-order valence-corrected chi connectivity index (χ0v) is 11.2. The maximum atomic E-state index is 11.8. The molecule has 0 radical (unpaired) electrons. The number of nitrogens with zero attached hydrogens (tertiary/aromatic N) is 1. The normalized spacial score (nSPS) is 23.0. The number of amides is 1. The van der Waals surface area contributed by atoms with Gasteiger partial charge in [0.15, 0.2) is 0 Å². The number of aliphatic hydroxyl groups is 1. The van der Waals surface area contributed by atoms with Crippen molar-refractivity contribution in [1.82, 2.24) is 4.90 Å². The van der Waals surface area contributed by atoms with Gasteiger partial charge in [0.1, 0.15) is 5.76 Å². The first-order chi connectivity index (χ1) is 8.62. The van der Waals surface area contributed by atoms with Crippen LogP contribution in [0.4, 0.5) is 0 Å². The van der Waals surface area contributed by atoms with Crippen LogP contribution in [0.15, 0.2) is 36.1 Å². The number of likely N-dealkylation sites (N-methyl/N-ethyl adjacent to an activating group) is 1. The molecule has 0 bridgehead atoms. The van der Waals surface area contributed by atoms with Gasteiger partial charge in [-0.1, -0.05) is 12.2 Å². The summed E-state index contributed by atoms with van der Waals surface area (Å²) in [6, 6.07) is 0. The average Bonchev–Trinajstić information content (AvgIpc) is 2.38. The summed E-state index contributed by atoms with van der Waals surface area (Å²) in [6.45, 7) is 5.27. The van der Waals surface area contributed by atoms with E-state index in [1.807, 2.05) is 19.9 Å². The molecule has 0 aromatic rings.